The van der Waals surface area contributed by atoms with Crippen molar-refractivity contribution in [3.8, 4) is 0 Å². The largest absolute Gasteiger partial charge is 0.443 e. The van der Waals surface area contributed by atoms with Crippen LogP contribution in [0, 0.1) is 5.92 Å². The lowest BCUT2D eigenvalue weighted by molar-refractivity contribution is -0.165. The second-order valence-corrected chi connectivity index (χ2v) is 12.4. The van der Waals surface area contributed by atoms with E-state index in [1.807, 2.05) is 13.8 Å². The van der Waals surface area contributed by atoms with Crippen molar-refractivity contribution in [1.29, 1.82) is 0 Å². The van der Waals surface area contributed by atoms with Crippen LogP contribution in [0.5, 0.6) is 0 Å². The fraction of sp³-hybridized carbons (Fsp3) is 0.882. The number of nitrogens with zero attached hydrogens (tertiary/aromatic N) is 1. The van der Waals surface area contributed by atoms with Gasteiger partial charge in [-0.1, -0.05) is 34.6 Å². The van der Waals surface area contributed by atoms with Crippen LogP contribution in [-0.2, 0) is 14.0 Å². The summed E-state index contributed by atoms with van der Waals surface area (Å²) in [7, 11) is -1.89. The lowest BCUT2D eigenvalue weighted by atomic mass is 9.89. The van der Waals surface area contributed by atoms with Crippen molar-refractivity contribution in [1.82, 2.24) is 4.90 Å². The highest BCUT2D eigenvalue weighted by atomic mass is 28.4. The molecule has 134 valence electrons. The minimum absolute atomic E-state index is 0.141. The van der Waals surface area contributed by atoms with E-state index in [9.17, 15) is 9.59 Å². The summed E-state index contributed by atoms with van der Waals surface area (Å²) in [6.07, 6.45) is -1.05. The molecule has 1 rings (SSSR count). The fourth-order valence-electron chi connectivity index (χ4n) is 3.04. The van der Waals surface area contributed by atoms with Crippen molar-refractivity contribution >= 4 is 20.3 Å². The Bertz CT molecular complexity index is 432. The molecular formula is C17H33NO4Si. The van der Waals surface area contributed by atoms with E-state index in [0.29, 0.717) is 0 Å². The summed E-state index contributed by atoms with van der Waals surface area (Å²) < 4.78 is 11.7. The van der Waals surface area contributed by atoms with Gasteiger partial charge in [0.05, 0.1) is 6.04 Å². The second-order valence-electron chi connectivity index (χ2n) is 7.71. The average molecular weight is 344 g/mol. The molecule has 23 heavy (non-hydrogen) atoms. The highest BCUT2D eigenvalue weighted by molar-refractivity contribution is 6.73. The molecule has 1 saturated heterocycles. The molecule has 0 aliphatic carbocycles. The number of β-lactam (4-membered cyclic amide) rings is 1. The monoisotopic (exact) mass is 343 g/mol. The molecule has 6 heteroatoms. The van der Waals surface area contributed by atoms with Gasteiger partial charge in [-0.15, -0.1) is 0 Å². The van der Waals surface area contributed by atoms with Gasteiger partial charge in [0.25, 0.3) is 5.91 Å². The van der Waals surface area contributed by atoms with E-state index in [-0.39, 0.29) is 17.9 Å². The van der Waals surface area contributed by atoms with Gasteiger partial charge in [-0.2, -0.15) is 0 Å². The van der Waals surface area contributed by atoms with Crippen LogP contribution in [0.15, 0.2) is 0 Å². The van der Waals surface area contributed by atoms with Crippen molar-refractivity contribution in [2.75, 3.05) is 0 Å². The molecule has 0 spiro atoms. The first kappa shape index (κ1) is 20.2. The first-order valence-corrected chi connectivity index (χ1v) is 11.3. The molecule has 0 bridgehead atoms. The Morgan fingerprint density at radius 2 is 1.65 bits per heavy atom. The van der Waals surface area contributed by atoms with Gasteiger partial charge in [0.15, 0.2) is 8.32 Å². The minimum atomic E-state index is -1.89. The summed E-state index contributed by atoms with van der Waals surface area (Å²) in [5, 5.41) is 0. The third kappa shape index (κ3) is 4.35. The number of carbonyl (C=O) groups excluding carboxylic acids is 2. The molecule has 1 heterocycles. The second kappa shape index (κ2) is 7.34. The summed E-state index contributed by atoms with van der Waals surface area (Å²) >= 11 is 0. The minimum Gasteiger partial charge on any atom is -0.443 e. The van der Waals surface area contributed by atoms with Gasteiger partial charge in [-0.25, -0.2) is 9.69 Å². The summed E-state index contributed by atoms with van der Waals surface area (Å²) in [6, 6.07) is 2.73. The predicted molar refractivity (Wildman–Crippen MR) is 93.8 cm³/mol. The molecule has 1 aliphatic rings. The van der Waals surface area contributed by atoms with Crippen LogP contribution >= 0.6 is 0 Å². The Balaban J connectivity index is 2.93. The van der Waals surface area contributed by atoms with Crippen molar-refractivity contribution < 1.29 is 18.8 Å². The van der Waals surface area contributed by atoms with Gasteiger partial charge < -0.3 is 9.16 Å². The van der Waals surface area contributed by atoms with Crippen molar-refractivity contribution in [2.45, 2.75) is 91.3 Å². The number of imide groups is 1. The number of hydrogen-bond acceptors (Lipinski definition) is 4. The number of ether oxygens (including phenoxy) is 1. The molecule has 0 aromatic heterocycles. The van der Waals surface area contributed by atoms with E-state index in [0.717, 1.165) is 18.1 Å². The van der Waals surface area contributed by atoms with E-state index in [4.69, 9.17) is 9.16 Å². The SMILES string of the molecule is CC[Si](CC)(CC)O[C@@H]1C(=O)N(C(=O)OC(C)(C)C)[C@@H]1C(C)C. The number of amides is 2. The Hall–Kier alpha value is -0.883. The van der Waals surface area contributed by atoms with Gasteiger partial charge in [-0.3, -0.25) is 4.79 Å². The maximum Gasteiger partial charge on any atom is 0.417 e. The summed E-state index contributed by atoms with van der Waals surface area (Å²) in [6.45, 7) is 15.8. The summed E-state index contributed by atoms with van der Waals surface area (Å²) in [4.78, 5) is 26.1. The smallest absolute Gasteiger partial charge is 0.417 e. The lowest BCUT2D eigenvalue weighted by Crippen LogP contribution is -2.71. The standard InChI is InChI=1S/C17H33NO4Si/c1-9-23(10-2,11-3)22-14-13(12(4)5)18(15(14)19)16(20)21-17(6,7)8/h12-14H,9-11H2,1-8H3/t13-,14+/m1/s1. The van der Waals surface area contributed by atoms with Crippen LogP contribution in [0.1, 0.15) is 55.4 Å². The summed E-state index contributed by atoms with van der Waals surface area (Å²) in [5.74, 6) is -0.104. The molecule has 0 N–H and O–H groups in total. The van der Waals surface area contributed by atoms with Crippen LogP contribution < -0.4 is 0 Å². The molecule has 0 aromatic carbocycles. The van der Waals surface area contributed by atoms with Crippen molar-refractivity contribution in [3.05, 3.63) is 0 Å². The molecule has 1 aliphatic heterocycles. The molecule has 0 radical (unpaired) electrons. The van der Waals surface area contributed by atoms with Gasteiger partial charge in [0, 0.05) is 0 Å². The third-order valence-corrected chi connectivity index (χ3v) is 9.29. The molecule has 1 fully saturated rings. The molecular weight excluding hydrogens is 310 g/mol. The Morgan fingerprint density at radius 3 is 2.00 bits per heavy atom. The van der Waals surface area contributed by atoms with Crippen LogP contribution in [-0.4, -0.2) is 43.0 Å². The van der Waals surface area contributed by atoms with E-state index in [2.05, 4.69) is 20.8 Å². The Labute approximate surface area is 141 Å². The predicted octanol–water partition coefficient (Wildman–Crippen LogP) is 4.18. The Kier molecular flexibility index (Phi) is 6.44. The number of carbonyl (C=O) groups is 2. The van der Waals surface area contributed by atoms with Crippen LogP contribution in [0.4, 0.5) is 4.79 Å². The van der Waals surface area contributed by atoms with Crippen LogP contribution in [0.25, 0.3) is 0 Å². The highest BCUT2D eigenvalue weighted by Gasteiger charge is 2.56. The molecule has 2 atom stereocenters. The number of rotatable bonds is 6. The molecule has 0 aromatic rings. The normalized spacial score (nSPS) is 22.3. The van der Waals surface area contributed by atoms with Crippen LogP contribution in [0.3, 0.4) is 0 Å². The zero-order chi connectivity index (χ0) is 18.0. The van der Waals surface area contributed by atoms with E-state index < -0.39 is 26.1 Å². The molecule has 0 unspecified atom stereocenters. The quantitative estimate of drug-likeness (QED) is 0.536. The third-order valence-electron chi connectivity index (χ3n) is 4.67. The van der Waals surface area contributed by atoms with Crippen molar-refractivity contribution in [2.24, 2.45) is 5.92 Å². The van der Waals surface area contributed by atoms with E-state index >= 15 is 0 Å². The van der Waals surface area contributed by atoms with E-state index in [1.54, 1.807) is 20.8 Å². The fourth-order valence-corrected chi connectivity index (χ4v) is 5.82. The first-order valence-electron chi connectivity index (χ1n) is 8.75. The molecule has 0 saturated carbocycles. The maximum atomic E-state index is 12.6. The average Bonchev–Trinajstić information content (AvgIpc) is 2.44. The number of hydrogen-bond donors (Lipinski definition) is 0. The van der Waals surface area contributed by atoms with Crippen molar-refractivity contribution in [3.63, 3.8) is 0 Å². The Morgan fingerprint density at radius 1 is 1.17 bits per heavy atom. The summed E-state index contributed by atoms with van der Waals surface area (Å²) in [5.41, 5.74) is -0.612. The number of likely N-dealkylation sites (tertiary alicyclic amines) is 1. The van der Waals surface area contributed by atoms with Crippen LogP contribution in [0.2, 0.25) is 18.1 Å². The molecule has 2 amide bonds. The van der Waals surface area contributed by atoms with Gasteiger partial charge in [0.1, 0.15) is 11.7 Å². The lowest BCUT2D eigenvalue weighted by Gasteiger charge is -2.50. The van der Waals surface area contributed by atoms with Gasteiger partial charge in [0.2, 0.25) is 0 Å². The zero-order valence-electron chi connectivity index (χ0n) is 15.9. The topological polar surface area (TPSA) is 55.8 Å². The highest BCUT2D eigenvalue weighted by Crippen LogP contribution is 2.35. The van der Waals surface area contributed by atoms with Gasteiger partial charge in [-0.05, 0) is 44.8 Å². The van der Waals surface area contributed by atoms with E-state index in [1.165, 1.54) is 4.90 Å². The maximum absolute atomic E-state index is 12.6. The molecule has 5 nitrogen and oxygen atoms in total. The first-order chi connectivity index (χ1) is 10.5. The van der Waals surface area contributed by atoms with Gasteiger partial charge >= 0.3 is 6.09 Å². The zero-order valence-corrected chi connectivity index (χ0v) is 16.9.